The van der Waals surface area contributed by atoms with Crippen molar-refractivity contribution < 1.29 is 0 Å². The summed E-state index contributed by atoms with van der Waals surface area (Å²) in [6.07, 6.45) is 4.78. The van der Waals surface area contributed by atoms with Crippen LogP contribution < -0.4 is 9.44 Å². The molecule has 2 aromatic rings. The van der Waals surface area contributed by atoms with Gasteiger partial charge in [-0.15, -0.1) is 0 Å². The minimum absolute atomic E-state index is 0.494. The van der Waals surface area contributed by atoms with E-state index < -0.39 is 0 Å². The number of halogens is 1. The summed E-state index contributed by atoms with van der Waals surface area (Å²) in [6, 6.07) is 11.1. The average molecular weight is 365 g/mol. The van der Waals surface area contributed by atoms with E-state index in [0.29, 0.717) is 18.0 Å². The number of aromatic amines is 1. The molecular weight excluding hydrogens is 340 g/mol. The Kier molecular flexibility index (Phi) is 6.22. The van der Waals surface area contributed by atoms with Gasteiger partial charge >= 0.3 is 0 Å². The molecule has 1 aliphatic rings. The number of hydrogen-bond acceptors (Lipinski definition) is 4. The second-order valence-electron chi connectivity index (χ2n) is 6.76. The first-order valence-corrected chi connectivity index (χ1v) is 9.79. The second-order valence-corrected chi connectivity index (χ2v) is 7.87. The van der Waals surface area contributed by atoms with Gasteiger partial charge in [-0.3, -0.25) is 5.10 Å². The summed E-state index contributed by atoms with van der Waals surface area (Å²) in [4.78, 5) is 0. The summed E-state index contributed by atoms with van der Waals surface area (Å²) in [5.74, 6) is 0.576. The lowest BCUT2D eigenvalue weighted by atomic mass is 9.84. The molecule has 0 bridgehead atoms. The molecule has 0 saturated heterocycles. The Morgan fingerprint density at radius 1 is 1.21 bits per heavy atom. The highest BCUT2D eigenvalue weighted by molar-refractivity contribution is 7.95. The molecule has 1 aromatic carbocycles. The zero-order valence-corrected chi connectivity index (χ0v) is 15.8. The van der Waals surface area contributed by atoms with Crippen LogP contribution in [0.5, 0.6) is 0 Å². The zero-order valence-electron chi connectivity index (χ0n) is 14.2. The van der Waals surface area contributed by atoms with Gasteiger partial charge in [-0.2, -0.15) is 5.10 Å². The van der Waals surface area contributed by atoms with Crippen molar-refractivity contribution in [3.8, 4) is 11.3 Å². The molecule has 0 amide bonds. The van der Waals surface area contributed by atoms with Crippen molar-refractivity contribution >= 4 is 23.7 Å². The molecular formula is C18H25ClN4S. The molecule has 130 valence electrons. The van der Waals surface area contributed by atoms with Gasteiger partial charge in [-0.05, 0) is 57.7 Å². The molecule has 3 N–H and O–H groups in total. The molecule has 1 aromatic heterocycles. The van der Waals surface area contributed by atoms with E-state index in [1.165, 1.54) is 31.4 Å². The van der Waals surface area contributed by atoms with Crippen LogP contribution in [0, 0.1) is 0 Å². The molecule has 1 saturated carbocycles. The number of hydrogen-bond donors (Lipinski definition) is 3. The third-order valence-electron chi connectivity index (χ3n) is 4.41. The average Bonchev–Trinajstić information content (AvgIpc) is 3.05. The lowest BCUT2D eigenvalue weighted by Crippen LogP contribution is -2.31. The van der Waals surface area contributed by atoms with Crippen LogP contribution >= 0.6 is 23.7 Å². The fraction of sp³-hybridized carbons (Fsp3) is 0.500. The van der Waals surface area contributed by atoms with Gasteiger partial charge < -0.3 is 0 Å². The van der Waals surface area contributed by atoms with Crippen molar-refractivity contribution in [3.05, 3.63) is 41.0 Å². The van der Waals surface area contributed by atoms with Crippen LogP contribution in [0.15, 0.2) is 30.3 Å². The SMILES string of the molecule is CC(C)NSNC1CCC(c2cc(-c3cccc(Cl)c3)n[nH]2)CC1. The topological polar surface area (TPSA) is 52.7 Å². The molecule has 0 radical (unpaired) electrons. The van der Waals surface area contributed by atoms with E-state index in [0.717, 1.165) is 16.3 Å². The van der Waals surface area contributed by atoms with Gasteiger partial charge in [0.05, 0.1) is 5.69 Å². The summed E-state index contributed by atoms with van der Waals surface area (Å²) < 4.78 is 6.87. The maximum Gasteiger partial charge on any atom is 0.0924 e. The van der Waals surface area contributed by atoms with E-state index in [1.54, 1.807) is 12.1 Å². The van der Waals surface area contributed by atoms with Crippen LogP contribution in [0.3, 0.4) is 0 Å². The number of aromatic nitrogens is 2. The molecule has 24 heavy (non-hydrogen) atoms. The standard InChI is InChI=1S/C18H25ClN4S/c1-12(2)22-24-23-16-8-6-13(7-9-16)17-11-18(21-20-17)14-4-3-5-15(19)10-14/h3-5,10-13,16,22-23H,6-9H2,1-2H3,(H,20,21). The third kappa shape index (κ3) is 4.76. The first-order valence-electron chi connectivity index (χ1n) is 8.60. The minimum Gasteiger partial charge on any atom is -0.282 e. The van der Waals surface area contributed by atoms with Crippen LogP contribution in [-0.2, 0) is 0 Å². The first kappa shape index (κ1) is 17.8. The molecule has 0 aliphatic heterocycles. The fourth-order valence-electron chi connectivity index (χ4n) is 3.10. The Bertz CT molecular complexity index is 650. The van der Waals surface area contributed by atoms with Gasteiger partial charge in [0.25, 0.3) is 0 Å². The molecule has 3 rings (SSSR count). The number of nitrogens with zero attached hydrogens (tertiary/aromatic N) is 1. The first-order chi connectivity index (χ1) is 11.6. The maximum atomic E-state index is 6.08. The summed E-state index contributed by atoms with van der Waals surface area (Å²) >= 11 is 7.71. The quantitative estimate of drug-likeness (QED) is 0.637. The van der Waals surface area contributed by atoms with Crippen LogP contribution in [0.25, 0.3) is 11.3 Å². The largest absolute Gasteiger partial charge is 0.282 e. The Morgan fingerprint density at radius 2 is 2.00 bits per heavy atom. The van der Waals surface area contributed by atoms with E-state index in [1.807, 2.05) is 24.3 Å². The Hall–Kier alpha value is -1.01. The highest BCUT2D eigenvalue weighted by atomic mass is 35.5. The van der Waals surface area contributed by atoms with E-state index in [4.69, 9.17) is 11.6 Å². The van der Waals surface area contributed by atoms with Crippen LogP contribution in [0.2, 0.25) is 5.02 Å². The molecule has 1 aliphatic carbocycles. The summed E-state index contributed by atoms with van der Waals surface area (Å²) in [5, 5.41) is 8.46. The number of H-pyrrole nitrogens is 1. The minimum atomic E-state index is 0.494. The lowest BCUT2D eigenvalue weighted by molar-refractivity contribution is 0.376. The van der Waals surface area contributed by atoms with Crippen LogP contribution in [0.4, 0.5) is 0 Å². The zero-order chi connectivity index (χ0) is 16.9. The molecule has 4 nitrogen and oxygen atoms in total. The van der Waals surface area contributed by atoms with Gasteiger partial charge in [0, 0.05) is 46.4 Å². The van der Waals surface area contributed by atoms with Crippen molar-refractivity contribution in [1.29, 1.82) is 0 Å². The van der Waals surface area contributed by atoms with Crippen LogP contribution in [0.1, 0.15) is 51.1 Å². The van der Waals surface area contributed by atoms with Gasteiger partial charge in [0.15, 0.2) is 0 Å². The summed E-state index contributed by atoms with van der Waals surface area (Å²) in [6.45, 7) is 4.31. The van der Waals surface area contributed by atoms with Gasteiger partial charge in [-0.1, -0.05) is 23.7 Å². The van der Waals surface area contributed by atoms with Crippen molar-refractivity contribution in [2.45, 2.75) is 57.5 Å². The summed E-state index contributed by atoms with van der Waals surface area (Å²) in [5.41, 5.74) is 3.29. The van der Waals surface area contributed by atoms with E-state index in [-0.39, 0.29) is 0 Å². The molecule has 1 fully saturated rings. The van der Waals surface area contributed by atoms with Crippen molar-refractivity contribution in [2.24, 2.45) is 0 Å². The predicted molar refractivity (Wildman–Crippen MR) is 103 cm³/mol. The van der Waals surface area contributed by atoms with Gasteiger partial charge in [0.2, 0.25) is 0 Å². The van der Waals surface area contributed by atoms with Crippen LogP contribution in [-0.4, -0.2) is 22.3 Å². The highest BCUT2D eigenvalue weighted by Gasteiger charge is 2.24. The molecule has 6 heteroatoms. The van der Waals surface area contributed by atoms with Crippen molar-refractivity contribution in [1.82, 2.24) is 19.6 Å². The van der Waals surface area contributed by atoms with Crippen molar-refractivity contribution in [3.63, 3.8) is 0 Å². The maximum absolute atomic E-state index is 6.08. The smallest absolute Gasteiger partial charge is 0.0924 e. The van der Waals surface area contributed by atoms with Gasteiger partial charge in [0.1, 0.15) is 0 Å². The molecule has 0 unspecified atom stereocenters. The fourth-order valence-corrected chi connectivity index (χ4v) is 4.00. The normalized spacial score (nSPS) is 21.3. The number of nitrogens with one attached hydrogen (secondary N) is 3. The molecule has 1 heterocycles. The highest BCUT2D eigenvalue weighted by Crippen LogP contribution is 2.34. The third-order valence-corrected chi connectivity index (χ3v) is 5.68. The van der Waals surface area contributed by atoms with Crippen molar-refractivity contribution in [2.75, 3.05) is 0 Å². The van der Waals surface area contributed by atoms with Gasteiger partial charge in [-0.25, -0.2) is 9.44 Å². The molecule has 0 spiro atoms. The van der Waals surface area contributed by atoms with E-state index in [9.17, 15) is 0 Å². The Labute approximate surface area is 153 Å². The van der Waals surface area contributed by atoms with E-state index in [2.05, 4.69) is 39.6 Å². The number of benzene rings is 1. The van der Waals surface area contributed by atoms with E-state index >= 15 is 0 Å². The predicted octanol–water partition coefficient (Wildman–Crippen LogP) is 4.91. The second kappa shape index (κ2) is 8.39. The Balaban J connectivity index is 1.54. The monoisotopic (exact) mass is 364 g/mol. The number of rotatable bonds is 6. The Morgan fingerprint density at radius 3 is 2.71 bits per heavy atom. The lowest BCUT2D eigenvalue weighted by Gasteiger charge is -2.28. The molecule has 0 atom stereocenters. The summed E-state index contributed by atoms with van der Waals surface area (Å²) in [7, 11) is 0.